The standard InChI is InChI=1S/C25H28N2OSi/c1-29(2,3)23-14-15-26-25(27-23)21-11-7-10-20-19-13-12-18(16-22(19)28-24(20)21)17-8-5-4-6-9-17/h7,10-17H,4-6,8-9H2,1-3H3/i17D. The summed E-state index contributed by atoms with van der Waals surface area (Å²) in [5, 5.41) is 3.33. The molecular formula is C25H28N2OSi. The van der Waals surface area contributed by atoms with Gasteiger partial charge in [-0.1, -0.05) is 63.2 Å². The molecule has 2 heterocycles. The van der Waals surface area contributed by atoms with Gasteiger partial charge >= 0.3 is 0 Å². The summed E-state index contributed by atoms with van der Waals surface area (Å²) in [5.74, 6) is 0.243. The lowest BCUT2D eigenvalue weighted by molar-refractivity contribution is 0.443. The van der Waals surface area contributed by atoms with Crippen molar-refractivity contribution in [2.45, 2.75) is 57.6 Å². The Morgan fingerprint density at radius 1 is 1.00 bits per heavy atom. The van der Waals surface area contributed by atoms with E-state index in [-0.39, 0.29) is 0 Å². The van der Waals surface area contributed by atoms with Gasteiger partial charge in [-0.05, 0) is 42.5 Å². The van der Waals surface area contributed by atoms with Gasteiger partial charge in [0.05, 0.1) is 5.56 Å². The Kier molecular flexibility index (Phi) is 4.26. The molecule has 0 saturated heterocycles. The molecule has 0 atom stereocenters. The number of hydrogen-bond acceptors (Lipinski definition) is 3. The lowest BCUT2D eigenvalue weighted by atomic mass is 9.84. The van der Waals surface area contributed by atoms with E-state index >= 15 is 0 Å². The van der Waals surface area contributed by atoms with E-state index in [1.54, 1.807) is 0 Å². The first-order chi connectivity index (χ1) is 14.4. The zero-order valence-corrected chi connectivity index (χ0v) is 18.5. The molecule has 1 fully saturated rings. The third kappa shape index (κ3) is 3.40. The molecule has 1 aliphatic rings. The largest absolute Gasteiger partial charge is 0.455 e. The van der Waals surface area contributed by atoms with Crippen LogP contribution in [0.3, 0.4) is 0 Å². The van der Waals surface area contributed by atoms with Crippen molar-refractivity contribution in [3.63, 3.8) is 0 Å². The Balaban J connectivity index is 1.66. The smallest absolute Gasteiger partial charge is 0.162 e. The summed E-state index contributed by atoms with van der Waals surface area (Å²) in [6.45, 7) is 6.89. The lowest BCUT2D eigenvalue weighted by Gasteiger charge is -2.21. The second kappa shape index (κ2) is 7.10. The third-order valence-corrected chi connectivity index (χ3v) is 7.84. The fourth-order valence-electron chi connectivity index (χ4n) is 4.37. The number of para-hydroxylation sites is 1. The molecule has 1 saturated carbocycles. The van der Waals surface area contributed by atoms with Crippen molar-refractivity contribution in [3.05, 3.63) is 54.2 Å². The van der Waals surface area contributed by atoms with Crippen molar-refractivity contribution in [1.82, 2.24) is 9.97 Å². The van der Waals surface area contributed by atoms with Crippen LogP contribution < -0.4 is 5.32 Å². The van der Waals surface area contributed by atoms with Gasteiger partial charge in [0.15, 0.2) is 5.82 Å². The Labute approximate surface area is 174 Å². The highest BCUT2D eigenvalue weighted by Gasteiger charge is 2.21. The van der Waals surface area contributed by atoms with Crippen LogP contribution in [0.1, 0.15) is 44.9 Å². The molecule has 3 nitrogen and oxygen atoms in total. The molecule has 29 heavy (non-hydrogen) atoms. The van der Waals surface area contributed by atoms with E-state index in [2.05, 4.69) is 55.0 Å². The van der Waals surface area contributed by atoms with E-state index in [9.17, 15) is 0 Å². The van der Waals surface area contributed by atoms with Crippen molar-refractivity contribution in [2.24, 2.45) is 0 Å². The fraction of sp³-hybridized carbons (Fsp3) is 0.360. The number of rotatable bonds is 3. The minimum Gasteiger partial charge on any atom is -0.455 e. The average Bonchev–Trinajstić information content (AvgIpc) is 3.12. The Morgan fingerprint density at radius 3 is 2.62 bits per heavy atom. The van der Waals surface area contributed by atoms with E-state index in [1.165, 1.54) is 6.42 Å². The van der Waals surface area contributed by atoms with Gasteiger partial charge in [0.25, 0.3) is 0 Å². The van der Waals surface area contributed by atoms with Crippen LogP contribution in [0.2, 0.25) is 19.6 Å². The summed E-state index contributed by atoms with van der Waals surface area (Å²) >= 11 is 0. The summed E-state index contributed by atoms with van der Waals surface area (Å²) in [6.07, 6.45) is 7.24. The highest BCUT2D eigenvalue weighted by molar-refractivity contribution is 6.88. The number of hydrogen-bond donors (Lipinski definition) is 0. The first-order valence-electron chi connectivity index (χ1n) is 11.1. The molecule has 0 spiro atoms. The first kappa shape index (κ1) is 17.4. The van der Waals surface area contributed by atoms with Crippen molar-refractivity contribution in [1.29, 1.82) is 0 Å². The van der Waals surface area contributed by atoms with E-state index in [0.29, 0.717) is 0 Å². The van der Waals surface area contributed by atoms with Gasteiger partial charge in [-0.3, -0.25) is 0 Å². The fourth-order valence-corrected chi connectivity index (χ4v) is 5.38. The molecule has 2 aromatic carbocycles. The van der Waals surface area contributed by atoms with Crippen LogP contribution >= 0.6 is 0 Å². The predicted octanol–water partition coefficient (Wildman–Crippen LogP) is 6.64. The Hall–Kier alpha value is -2.46. The summed E-state index contributed by atoms with van der Waals surface area (Å²) in [5.41, 5.74) is 3.70. The van der Waals surface area contributed by atoms with Crippen LogP contribution in [-0.2, 0) is 0 Å². The second-order valence-corrected chi connectivity index (χ2v) is 14.2. The van der Waals surface area contributed by atoms with Gasteiger partial charge < -0.3 is 4.42 Å². The molecule has 2 aromatic heterocycles. The second-order valence-electron chi connectivity index (χ2n) is 9.17. The van der Waals surface area contributed by atoms with E-state index in [0.717, 1.165) is 69.9 Å². The van der Waals surface area contributed by atoms with Crippen LogP contribution in [0.15, 0.2) is 53.1 Å². The maximum Gasteiger partial charge on any atom is 0.162 e. The highest BCUT2D eigenvalue weighted by Crippen LogP contribution is 2.38. The summed E-state index contributed by atoms with van der Waals surface area (Å²) in [6, 6.07) is 14.6. The van der Waals surface area contributed by atoms with Gasteiger partial charge in [-0.2, -0.15) is 0 Å². The summed E-state index contributed by atoms with van der Waals surface area (Å²) in [4.78, 5) is 9.46. The molecule has 0 bridgehead atoms. The number of benzene rings is 2. The molecule has 0 amide bonds. The van der Waals surface area contributed by atoms with Crippen LogP contribution in [0, 0.1) is 0 Å². The van der Waals surface area contributed by atoms with Crippen molar-refractivity contribution < 1.29 is 5.79 Å². The van der Waals surface area contributed by atoms with Crippen LogP contribution in [0.5, 0.6) is 0 Å². The zero-order valence-electron chi connectivity index (χ0n) is 18.5. The monoisotopic (exact) mass is 401 g/mol. The summed E-state index contributed by atoms with van der Waals surface area (Å²) in [7, 11) is -1.53. The molecule has 4 aromatic rings. The number of nitrogens with zero attached hydrogens (tertiary/aromatic N) is 2. The molecule has 4 heteroatoms. The van der Waals surface area contributed by atoms with Crippen LogP contribution in [-0.4, -0.2) is 18.0 Å². The van der Waals surface area contributed by atoms with Gasteiger partial charge in [-0.25, -0.2) is 9.97 Å². The molecule has 148 valence electrons. The van der Waals surface area contributed by atoms with Crippen molar-refractivity contribution in [2.75, 3.05) is 0 Å². The molecule has 0 unspecified atom stereocenters. The summed E-state index contributed by atoms with van der Waals surface area (Å²) < 4.78 is 15.4. The Bertz CT molecular complexity index is 1240. The highest BCUT2D eigenvalue weighted by atomic mass is 28.3. The quantitative estimate of drug-likeness (QED) is 0.361. The SMILES string of the molecule is [2H]C1(c2ccc3c(c2)oc2c(-c4nccc([Si](C)(C)C)n4)cccc23)CCCCC1. The lowest BCUT2D eigenvalue weighted by Crippen LogP contribution is -2.40. The first-order valence-corrected chi connectivity index (χ1v) is 14.1. The van der Waals surface area contributed by atoms with Crippen LogP contribution in [0.25, 0.3) is 33.3 Å². The van der Waals surface area contributed by atoms with Crippen LogP contribution in [0.4, 0.5) is 0 Å². The molecule has 1 aliphatic carbocycles. The van der Waals surface area contributed by atoms with Gasteiger partial charge in [0, 0.05) is 23.7 Å². The molecule has 0 aliphatic heterocycles. The topological polar surface area (TPSA) is 38.9 Å². The van der Waals surface area contributed by atoms with E-state index < -0.39 is 14.0 Å². The van der Waals surface area contributed by atoms with Crippen molar-refractivity contribution >= 4 is 35.3 Å². The van der Waals surface area contributed by atoms with Crippen molar-refractivity contribution in [3.8, 4) is 11.4 Å². The predicted molar refractivity (Wildman–Crippen MR) is 124 cm³/mol. The molecule has 0 radical (unpaired) electrons. The molecule has 5 rings (SSSR count). The average molecular weight is 402 g/mol. The molecular weight excluding hydrogens is 372 g/mol. The van der Waals surface area contributed by atoms with Gasteiger partial charge in [-0.15, -0.1) is 0 Å². The number of furan rings is 1. The Morgan fingerprint density at radius 2 is 1.83 bits per heavy atom. The number of fused-ring (bicyclic) bond motifs is 3. The van der Waals surface area contributed by atoms with E-state index in [4.69, 9.17) is 10.8 Å². The zero-order chi connectivity index (χ0) is 20.9. The van der Waals surface area contributed by atoms with E-state index in [1.807, 2.05) is 18.3 Å². The maximum atomic E-state index is 8.97. The third-order valence-electron chi connectivity index (χ3n) is 6.03. The number of aromatic nitrogens is 2. The maximum absolute atomic E-state index is 8.97. The van der Waals surface area contributed by atoms with Gasteiger partial charge in [0.1, 0.15) is 19.2 Å². The minimum atomic E-state index is -1.53. The molecule has 0 N–H and O–H groups in total. The van der Waals surface area contributed by atoms with Gasteiger partial charge in [0.2, 0.25) is 0 Å². The normalized spacial score (nSPS) is 17.6. The minimum absolute atomic E-state index is 0.483.